The molecule has 1 aliphatic heterocycles. The Labute approximate surface area is 228 Å². The number of rotatable bonds is 6. The van der Waals surface area contributed by atoms with Gasteiger partial charge in [0.1, 0.15) is 12.4 Å². The number of carbonyl (C=O) groups excluding carboxylic acids is 1. The van der Waals surface area contributed by atoms with Gasteiger partial charge in [0.15, 0.2) is 0 Å². The van der Waals surface area contributed by atoms with Crippen molar-refractivity contribution in [2.45, 2.75) is 0 Å². The fourth-order valence-electron chi connectivity index (χ4n) is 4.90. The summed E-state index contributed by atoms with van der Waals surface area (Å²) in [4.78, 5) is 13.0. The molecule has 39 heavy (non-hydrogen) atoms. The van der Waals surface area contributed by atoms with Crippen molar-refractivity contribution in [3.05, 3.63) is 173 Å². The summed E-state index contributed by atoms with van der Waals surface area (Å²) in [6.45, 7) is 0.249. The van der Waals surface area contributed by atoms with Crippen LogP contribution < -0.4 is 10.1 Å². The lowest BCUT2D eigenvalue weighted by molar-refractivity contribution is -0.113. The molecule has 1 aliphatic rings. The second-order valence-electron chi connectivity index (χ2n) is 9.38. The molecule has 0 atom stereocenters. The molecule has 0 fully saturated rings. The summed E-state index contributed by atoms with van der Waals surface area (Å²) < 4.78 is 5.77. The Hall–Kier alpha value is -5.15. The number of hydrogen-bond donors (Lipinski definition) is 1. The van der Waals surface area contributed by atoms with Crippen LogP contribution in [0.3, 0.4) is 0 Å². The van der Waals surface area contributed by atoms with Gasteiger partial charge < -0.3 is 10.1 Å². The Kier molecular flexibility index (Phi) is 6.87. The zero-order valence-corrected chi connectivity index (χ0v) is 21.4. The summed E-state index contributed by atoms with van der Waals surface area (Å²) in [6.07, 6.45) is 1.89. The molecule has 6 rings (SSSR count). The van der Waals surface area contributed by atoms with Crippen molar-refractivity contribution in [1.29, 1.82) is 0 Å². The minimum Gasteiger partial charge on any atom is -0.488 e. The number of amides is 1. The summed E-state index contributed by atoms with van der Waals surface area (Å²) in [7, 11) is 0. The van der Waals surface area contributed by atoms with Crippen molar-refractivity contribution in [3.8, 4) is 5.75 Å². The van der Waals surface area contributed by atoms with Crippen LogP contribution in [0.25, 0.3) is 17.2 Å². The minimum atomic E-state index is -0.162. The maximum atomic E-state index is 13.0. The molecule has 0 saturated heterocycles. The van der Waals surface area contributed by atoms with Crippen LogP contribution in [0.4, 0.5) is 5.69 Å². The van der Waals surface area contributed by atoms with Crippen molar-refractivity contribution < 1.29 is 9.53 Å². The standard InChI is InChI=1S/C36H27NO2/c38-36(31-24-30-18-10-11-19-33(30)39-25-31)37-32-22-20-29(21-23-32)35(28-16-8-3-9-17-28)34(26-12-4-1-5-13-26)27-14-6-2-7-15-27/h1-24H,25H2,(H,37,38). The molecule has 0 saturated carbocycles. The first-order valence-corrected chi connectivity index (χ1v) is 13.0. The molecular weight excluding hydrogens is 478 g/mol. The topological polar surface area (TPSA) is 38.3 Å². The Balaban J connectivity index is 1.38. The first-order chi connectivity index (χ1) is 19.3. The van der Waals surface area contributed by atoms with Crippen LogP contribution >= 0.6 is 0 Å². The molecule has 0 spiro atoms. The maximum absolute atomic E-state index is 13.0. The third-order valence-corrected chi connectivity index (χ3v) is 6.79. The molecule has 1 amide bonds. The maximum Gasteiger partial charge on any atom is 0.255 e. The second-order valence-corrected chi connectivity index (χ2v) is 9.38. The normalized spacial score (nSPS) is 11.9. The lowest BCUT2D eigenvalue weighted by Crippen LogP contribution is -2.21. The number of nitrogens with one attached hydrogen (secondary N) is 1. The predicted molar refractivity (Wildman–Crippen MR) is 159 cm³/mol. The smallest absolute Gasteiger partial charge is 0.255 e. The lowest BCUT2D eigenvalue weighted by atomic mass is 9.86. The highest BCUT2D eigenvalue weighted by atomic mass is 16.5. The van der Waals surface area contributed by atoms with Crippen molar-refractivity contribution in [1.82, 2.24) is 0 Å². The van der Waals surface area contributed by atoms with Gasteiger partial charge in [-0.2, -0.15) is 0 Å². The number of fused-ring (bicyclic) bond motifs is 1. The van der Waals surface area contributed by atoms with Gasteiger partial charge in [-0.25, -0.2) is 0 Å². The Bertz CT molecular complexity index is 1610. The number of para-hydroxylation sites is 1. The molecule has 0 aromatic heterocycles. The summed E-state index contributed by atoms with van der Waals surface area (Å²) >= 11 is 0. The molecule has 5 aromatic carbocycles. The zero-order chi connectivity index (χ0) is 26.4. The zero-order valence-electron chi connectivity index (χ0n) is 21.4. The molecule has 188 valence electrons. The van der Waals surface area contributed by atoms with E-state index in [1.165, 1.54) is 0 Å². The lowest BCUT2D eigenvalue weighted by Gasteiger charge is -2.19. The van der Waals surface area contributed by atoms with E-state index in [-0.39, 0.29) is 12.5 Å². The van der Waals surface area contributed by atoms with Gasteiger partial charge in [-0.1, -0.05) is 121 Å². The quantitative estimate of drug-likeness (QED) is 0.237. The summed E-state index contributed by atoms with van der Waals surface area (Å²) in [5, 5.41) is 3.04. The van der Waals surface area contributed by atoms with Crippen molar-refractivity contribution in [3.63, 3.8) is 0 Å². The van der Waals surface area contributed by atoms with E-state index in [4.69, 9.17) is 4.74 Å². The molecular formula is C36H27NO2. The van der Waals surface area contributed by atoms with Gasteiger partial charge in [0, 0.05) is 11.3 Å². The minimum absolute atomic E-state index is 0.162. The highest BCUT2D eigenvalue weighted by molar-refractivity contribution is 6.08. The van der Waals surface area contributed by atoms with E-state index in [0.29, 0.717) is 5.57 Å². The fraction of sp³-hybridized carbons (Fsp3) is 0.0278. The molecule has 1 N–H and O–H groups in total. The van der Waals surface area contributed by atoms with Crippen LogP contribution in [0.15, 0.2) is 145 Å². The summed E-state index contributed by atoms with van der Waals surface area (Å²) in [5.41, 5.74) is 9.00. The monoisotopic (exact) mass is 505 g/mol. The van der Waals surface area contributed by atoms with Crippen LogP contribution in [0.5, 0.6) is 5.75 Å². The molecule has 3 heteroatoms. The Morgan fingerprint density at radius 2 is 1.00 bits per heavy atom. The SMILES string of the molecule is O=C(Nc1ccc(C(=C(c2ccccc2)c2ccccc2)c2ccccc2)cc1)C1=Cc2ccccc2OC1. The van der Waals surface area contributed by atoms with Gasteiger partial charge in [0.05, 0.1) is 5.57 Å². The van der Waals surface area contributed by atoms with E-state index in [9.17, 15) is 4.79 Å². The van der Waals surface area contributed by atoms with Crippen molar-refractivity contribution in [2.24, 2.45) is 0 Å². The van der Waals surface area contributed by atoms with E-state index in [0.717, 1.165) is 50.4 Å². The van der Waals surface area contributed by atoms with Crippen LogP contribution in [0, 0.1) is 0 Å². The molecule has 0 bridgehead atoms. The van der Waals surface area contributed by atoms with E-state index in [1.807, 2.05) is 60.7 Å². The van der Waals surface area contributed by atoms with Gasteiger partial charge in [-0.05, 0) is 57.7 Å². The van der Waals surface area contributed by atoms with E-state index in [1.54, 1.807) is 0 Å². The number of ether oxygens (including phenoxy) is 1. The van der Waals surface area contributed by atoms with Crippen LogP contribution in [0.2, 0.25) is 0 Å². The summed E-state index contributed by atoms with van der Waals surface area (Å²) in [5.74, 6) is 0.636. The van der Waals surface area contributed by atoms with Gasteiger partial charge >= 0.3 is 0 Å². The van der Waals surface area contributed by atoms with Gasteiger partial charge in [0.2, 0.25) is 0 Å². The average Bonchev–Trinajstić information content (AvgIpc) is 3.01. The van der Waals surface area contributed by atoms with Crippen molar-refractivity contribution >= 4 is 28.8 Å². The number of benzene rings is 5. The number of carbonyl (C=O) groups is 1. The van der Waals surface area contributed by atoms with E-state index < -0.39 is 0 Å². The second kappa shape index (κ2) is 11.1. The highest BCUT2D eigenvalue weighted by Gasteiger charge is 2.18. The van der Waals surface area contributed by atoms with Crippen LogP contribution in [0.1, 0.15) is 27.8 Å². The highest BCUT2D eigenvalue weighted by Crippen LogP contribution is 2.37. The molecule has 0 radical (unpaired) electrons. The van der Waals surface area contributed by atoms with Crippen molar-refractivity contribution in [2.75, 3.05) is 11.9 Å². The molecule has 3 nitrogen and oxygen atoms in total. The first-order valence-electron chi connectivity index (χ1n) is 13.0. The van der Waals surface area contributed by atoms with Gasteiger partial charge in [-0.15, -0.1) is 0 Å². The predicted octanol–water partition coefficient (Wildman–Crippen LogP) is 8.11. The average molecular weight is 506 g/mol. The van der Waals surface area contributed by atoms with E-state index >= 15 is 0 Å². The third-order valence-electron chi connectivity index (χ3n) is 6.79. The van der Waals surface area contributed by atoms with E-state index in [2.05, 4.69) is 90.2 Å². The molecule has 0 unspecified atom stereocenters. The Morgan fingerprint density at radius 3 is 1.54 bits per heavy atom. The molecule has 5 aromatic rings. The molecule has 1 heterocycles. The Morgan fingerprint density at radius 1 is 0.538 bits per heavy atom. The van der Waals surface area contributed by atoms with Crippen LogP contribution in [-0.4, -0.2) is 12.5 Å². The number of hydrogen-bond acceptors (Lipinski definition) is 2. The fourth-order valence-corrected chi connectivity index (χ4v) is 4.90. The molecule has 0 aliphatic carbocycles. The third kappa shape index (κ3) is 5.29. The first kappa shape index (κ1) is 24.2. The largest absolute Gasteiger partial charge is 0.488 e. The summed E-state index contributed by atoms with van der Waals surface area (Å²) in [6, 6.07) is 47.2. The van der Waals surface area contributed by atoms with Crippen LogP contribution in [-0.2, 0) is 4.79 Å². The van der Waals surface area contributed by atoms with Gasteiger partial charge in [0.25, 0.3) is 5.91 Å². The number of anilines is 1. The van der Waals surface area contributed by atoms with Gasteiger partial charge in [-0.3, -0.25) is 4.79 Å².